The van der Waals surface area contributed by atoms with E-state index in [1.807, 2.05) is 22.7 Å². The van der Waals surface area contributed by atoms with Crippen molar-refractivity contribution in [2.24, 2.45) is 5.92 Å². The molecule has 0 aromatic carbocycles. The van der Waals surface area contributed by atoms with E-state index in [1.54, 1.807) is 12.5 Å². The highest BCUT2D eigenvalue weighted by molar-refractivity contribution is 5.93. The van der Waals surface area contributed by atoms with Gasteiger partial charge < -0.3 is 14.1 Å². The maximum Gasteiger partial charge on any atom is 0.228 e. The summed E-state index contributed by atoms with van der Waals surface area (Å²) in [5.74, 6) is 1.64. The van der Waals surface area contributed by atoms with Gasteiger partial charge in [0.1, 0.15) is 5.82 Å². The summed E-state index contributed by atoms with van der Waals surface area (Å²) in [4.78, 5) is 21.2. The molecule has 1 aliphatic rings. The van der Waals surface area contributed by atoms with Crippen molar-refractivity contribution < 1.29 is 9.21 Å². The third-order valence-corrected chi connectivity index (χ3v) is 4.00. The fourth-order valence-electron chi connectivity index (χ4n) is 2.51. The Morgan fingerprint density at radius 2 is 2.17 bits per heavy atom. The number of nitrogens with one attached hydrogen (secondary N) is 1. The average molecular weight is 310 g/mol. The molecule has 23 heavy (non-hydrogen) atoms. The summed E-state index contributed by atoms with van der Waals surface area (Å²) in [6, 6.07) is 3.66. The highest BCUT2D eigenvalue weighted by Gasteiger charge is 2.30. The number of anilines is 1. The number of amides is 1. The third kappa shape index (κ3) is 2.60. The van der Waals surface area contributed by atoms with Gasteiger partial charge in [-0.1, -0.05) is 13.8 Å². The lowest BCUT2D eigenvalue weighted by Crippen LogP contribution is -2.15. The van der Waals surface area contributed by atoms with Crippen LogP contribution in [-0.2, 0) is 4.79 Å². The molecule has 3 aromatic rings. The summed E-state index contributed by atoms with van der Waals surface area (Å²) in [5, 5.41) is 2.90. The number of carbonyl (C=O) groups is 1. The van der Waals surface area contributed by atoms with Crippen molar-refractivity contribution in [3.63, 3.8) is 0 Å². The second-order valence-electron chi connectivity index (χ2n) is 6.27. The Kier molecular flexibility index (Phi) is 3.18. The lowest BCUT2D eigenvalue weighted by Gasteiger charge is -2.07. The van der Waals surface area contributed by atoms with E-state index < -0.39 is 0 Å². The van der Waals surface area contributed by atoms with Crippen molar-refractivity contribution in [1.82, 2.24) is 14.4 Å². The first-order chi connectivity index (χ1) is 11.1. The highest BCUT2D eigenvalue weighted by Crippen LogP contribution is 2.31. The summed E-state index contributed by atoms with van der Waals surface area (Å²) >= 11 is 0. The summed E-state index contributed by atoms with van der Waals surface area (Å²) in [5.41, 5.74) is 2.34. The van der Waals surface area contributed by atoms with Gasteiger partial charge in [-0.15, -0.1) is 0 Å². The summed E-state index contributed by atoms with van der Waals surface area (Å²) in [6.45, 7) is 4.19. The zero-order valence-electron chi connectivity index (χ0n) is 13.1. The molecule has 0 saturated heterocycles. The van der Waals surface area contributed by atoms with Crippen LogP contribution in [0.2, 0.25) is 0 Å². The van der Waals surface area contributed by atoms with Crippen LogP contribution in [0, 0.1) is 5.92 Å². The number of hydrogen-bond donors (Lipinski definition) is 1. The molecule has 4 rings (SSSR count). The van der Waals surface area contributed by atoms with E-state index in [4.69, 9.17) is 4.42 Å². The molecule has 1 amide bonds. The number of furan rings is 1. The summed E-state index contributed by atoms with van der Waals surface area (Å²) < 4.78 is 7.39. The van der Waals surface area contributed by atoms with E-state index in [0.717, 1.165) is 24.2 Å². The van der Waals surface area contributed by atoms with Gasteiger partial charge in [0, 0.05) is 12.1 Å². The Morgan fingerprint density at radius 3 is 2.83 bits per heavy atom. The molecule has 1 saturated carbocycles. The Bertz CT molecular complexity index is 860. The number of fused-ring (bicyclic) bond motifs is 1. The molecule has 0 unspecified atom stereocenters. The van der Waals surface area contributed by atoms with E-state index >= 15 is 0 Å². The van der Waals surface area contributed by atoms with Crippen LogP contribution in [0.25, 0.3) is 17.1 Å². The third-order valence-electron chi connectivity index (χ3n) is 4.00. The molecule has 0 radical (unpaired) electrons. The fraction of sp³-hybridized carbons (Fsp3) is 0.353. The zero-order valence-corrected chi connectivity index (χ0v) is 13.1. The van der Waals surface area contributed by atoms with E-state index in [2.05, 4.69) is 29.1 Å². The lowest BCUT2D eigenvalue weighted by molar-refractivity contribution is -0.117. The van der Waals surface area contributed by atoms with Crippen molar-refractivity contribution in [3.05, 3.63) is 36.5 Å². The van der Waals surface area contributed by atoms with Gasteiger partial charge >= 0.3 is 0 Å². The summed E-state index contributed by atoms with van der Waals surface area (Å²) in [6.07, 6.45) is 7.31. The Morgan fingerprint density at radius 1 is 1.35 bits per heavy atom. The maximum absolute atomic E-state index is 12.0. The van der Waals surface area contributed by atoms with Gasteiger partial charge in [-0.25, -0.2) is 9.97 Å². The lowest BCUT2D eigenvalue weighted by atomic mass is 10.2. The van der Waals surface area contributed by atoms with Gasteiger partial charge in [0.15, 0.2) is 17.1 Å². The van der Waals surface area contributed by atoms with Crippen molar-refractivity contribution in [1.29, 1.82) is 0 Å². The molecular weight excluding hydrogens is 292 g/mol. The Labute approximate surface area is 133 Å². The average Bonchev–Trinajstić information content (AvgIpc) is 3.07. The molecule has 3 aromatic heterocycles. The first-order valence-corrected chi connectivity index (χ1v) is 7.86. The molecule has 6 nitrogen and oxygen atoms in total. The van der Waals surface area contributed by atoms with Crippen LogP contribution in [0.15, 0.2) is 35.2 Å². The quantitative estimate of drug-likeness (QED) is 0.801. The van der Waals surface area contributed by atoms with Crippen LogP contribution in [0.4, 0.5) is 5.82 Å². The smallest absolute Gasteiger partial charge is 0.228 e. The van der Waals surface area contributed by atoms with Crippen LogP contribution < -0.4 is 5.32 Å². The van der Waals surface area contributed by atoms with E-state index in [-0.39, 0.29) is 11.8 Å². The van der Waals surface area contributed by atoms with Crippen molar-refractivity contribution in [2.75, 3.05) is 5.32 Å². The SMILES string of the molecule is CC(C)c1cn2cc(NC(=O)C3CC3)nc(-c3ccco3)c2n1. The predicted molar refractivity (Wildman–Crippen MR) is 86.1 cm³/mol. The monoisotopic (exact) mass is 310 g/mol. The number of hydrogen-bond acceptors (Lipinski definition) is 4. The molecule has 1 fully saturated rings. The van der Waals surface area contributed by atoms with E-state index in [0.29, 0.717) is 23.2 Å². The number of rotatable bonds is 4. The predicted octanol–water partition coefficient (Wildman–Crippen LogP) is 3.46. The normalized spacial score (nSPS) is 14.6. The van der Waals surface area contributed by atoms with Crippen LogP contribution in [-0.4, -0.2) is 20.3 Å². The Balaban J connectivity index is 1.83. The van der Waals surface area contributed by atoms with Crippen LogP contribution >= 0.6 is 0 Å². The van der Waals surface area contributed by atoms with Crippen LogP contribution in [0.3, 0.4) is 0 Å². The van der Waals surface area contributed by atoms with Crippen LogP contribution in [0.1, 0.15) is 38.3 Å². The standard InChI is InChI=1S/C17H18N4O2/c1-10(2)12-8-21-9-14(20-17(22)11-5-6-11)19-15(16(21)18-12)13-4-3-7-23-13/h3-4,7-11H,5-6H2,1-2H3,(H,20,22). The highest BCUT2D eigenvalue weighted by atomic mass is 16.3. The number of imidazole rings is 1. The van der Waals surface area contributed by atoms with Crippen LogP contribution in [0.5, 0.6) is 0 Å². The second-order valence-corrected chi connectivity index (χ2v) is 6.27. The van der Waals surface area contributed by atoms with Gasteiger partial charge in [0.25, 0.3) is 0 Å². The summed E-state index contributed by atoms with van der Waals surface area (Å²) in [7, 11) is 0. The van der Waals surface area contributed by atoms with E-state index in [9.17, 15) is 4.79 Å². The minimum atomic E-state index is 0.0337. The molecule has 6 heteroatoms. The minimum absolute atomic E-state index is 0.0337. The molecule has 0 atom stereocenters. The minimum Gasteiger partial charge on any atom is -0.463 e. The van der Waals surface area contributed by atoms with Crippen molar-refractivity contribution >= 4 is 17.4 Å². The zero-order chi connectivity index (χ0) is 16.0. The first-order valence-electron chi connectivity index (χ1n) is 7.86. The molecule has 118 valence electrons. The van der Waals surface area contributed by atoms with Gasteiger partial charge in [-0.3, -0.25) is 4.79 Å². The fourth-order valence-corrected chi connectivity index (χ4v) is 2.51. The Hall–Kier alpha value is -2.63. The molecule has 0 aliphatic heterocycles. The first kappa shape index (κ1) is 14.0. The van der Waals surface area contributed by atoms with Gasteiger partial charge in [0.05, 0.1) is 18.2 Å². The topological polar surface area (TPSA) is 72.4 Å². The van der Waals surface area contributed by atoms with Gasteiger partial charge in [0.2, 0.25) is 5.91 Å². The molecular formula is C17H18N4O2. The molecule has 1 aliphatic carbocycles. The molecule has 3 heterocycles. The largest absolute Gasteiger partial charge is 0.463 e. The number of nitrogens with zero attached hydrogens (tertiary/aromatic N) is 3. The van der Waals surface area contributed by atoms with Gasteiger partial charge in [-0.2, -0.15) is 0 Å². The van der Waals surface area contributed by atoms with E-state index in [1.165, 1.54) is 0 Å². The molecule has 1 N–H and O–H groups in total. The maximum atomic E-state index is 12.0. The van der Waals surface area contributed by atoms with Gasteiger partial charge in [-0.05, 0) is 30.9 Å². The molecule has 0 bridgehead atoms. The van der Waals surface area contributed by atoms with Crippen molar-refractivity contribution in [2.45, 2.75) is 32.6 Å². The number of carbonyl (C=O) groups excluding carboxylic acids is 1. The second kappa shape index (κ2) is 5.22. The van der Waals surface area contributed by atoms with Crippen molar-refractivity contribution in [3.8, 4) is 11.5 Å². The number of aromatic nitrogens is 3. The molecule has 0 spiro atoms.